The van der Waals surface area contributed by atoms with Gasteiger partial charge >= 0.3 is 0 Å². The van der Waals surface area contributed by atoms with Gasteiger partial charge in [-0.3, -0.25) is 0 Å². The summed E-state index contributed by atoms with van der Waals surface area (Å²) in [5, 5.41) is 9.47. The summed E-state index contributed by atoms with van der Waals surface area (Å²) in [5.74, 6) is 1.64. The van der Waals surface area contributed by atoms with E-state index < -0.39 is 0 Å². The molecule has 31 heavy (non-hydrogen) atoms. The number of nitrogens with zero attached hydrogens (tertiary/aromatic N) is 2. The largest absolute Gasteiger partial charge is 0.493 e. The molecule has 0 atom stereocenters. The van der Waals surface area contributed by atoms with E-state index >= 15 is 0 Å². The lowest BCUT2D eigenvalue weighted by Gasteiger charge is -2.13. The van der Waals surface area contributed by atoms with E-state index in [9.17, 15) is 0 Å². The maximum Gasteiger partial charge on any atom is 0.180 e. The molecular weight excluding hydrogens is 453 g/mol. The molecule has 0 amide bonds. The van der Waals surface area contributed by atoms with Crippen molar-refractivity contribution < 1.29 is 9.47 Å². The van der Waals surface area contributed by atoms with Crippen molar-refractivity contribution in [2.24, 2.45) is 15.9 Å². The van der Waals surface area contributed by atoms with Gasteiger partial charge < -0.3 is 15.2 Å². The van der Waals surface area contributed by atoms with E-state index in [4.69, 9.17) is 38.4 Å². The Hall–Kier alpha value is -2.67. The molecule has 0 radical (unpaired) electrons. The number of amidine groups is 1. The molecular formula is C23H21Cl2N3O2S. The number of thioether (sulfide) groups is 1. The molecule has 160 valence electrons. The van der Waals surface area contributed by atoms with E-state index in [0.717, 1.165) is 11.3 Å². The molecule has 0 aliphatic carbocycles. The van der Waals surface area contributed by atoms with E-state index in [1.165, 1.54) is 17.3 Å². The van der Waals surface area contributed by atoms with Crippen molar-refractivity contribution in [1.82, 2.24) is 0 Å². The monoisotopic (exact) mass is 473 g/mol. The van der Waals surface area contributed by atoms with Gasteiger partial charge in [0.05, 0.1) is 18.3 Å². The number of ether oxygens (including phenoxy) is 2. The van der Waals surface area contributed by atoms with Gasteiger partial charge in [0.2, 0.25) is 0 Å². The Labute approximate surface area is 195 Å². The van der Waals surface area contributed by atoms with Crippen LogP contribution in [-0.4, -0.2) is 18.5 Å². The van der Waals surface area contributed by atoms with Crippen LogP contribution in [0.25, 0.3) is 0 Å². The third kappa shape index (κ3) is 6.92. The zero-order valence-electron chi connectivity index (χ0n) is 16.8. The smallest absolute Gasteiger partial charge is 0.180 e. The number of hydrogen-bond donors (Lipinski definition) is 1. The first kappa shape index (κ1) is 23.0. The average molecular weight is 474 g/mol. The van der Waals surface area contributed by atoms with Crippen molar-refractivity contribution in [3.05, 3.63) is 93.5 Å². The fourth-order valence-corrected chi connectivity index (χ4v) is 3.71. The third-order valence-electron chi connectivity index (χ3n) is 4.17. The summed E-state index contributed by atoms with van der Waals surface area (Å²) in [7, 11) is 1.55. The van der Waals surface area contributed by atoms with Crippen LogP contribution in [0.5, 0.6) is 11.5 Å². The van der Waals surface area contributed by atoms with Crippen LogP contribution in [0.3, 0.4) is 0 Å². The van der Waals surface area contributed by atoms with E-state index in [1.54, 1.807) is 25.5 Å². The number of halogens is 2. The predicted octanol–water partition coefficient (Wildman–Crippen LogP) is 6.16. The summed E-state index contributed by atoms with van der Waals surface area (Å²) in [6.07, 6.45) is 1.56. The van der Waals surface area contributed by atoms with E-state index in [2.05, 4.69) is 10.2 Å². The Morgan fingerprint density at radius 2 is 1.77 bits per heavy atom. The van der Waals surface area contributed by atoms with Crippen molar-refractivity contribution >= 4 is 46.3 Å². The molecule has 0 saturated heterocycles. The molecule has 0 fully saturated rings. The third-order valence-corrected chi connectivity index (χ3v) is 5.68. The minimum absolute atomic E-state index is 0.267. The molecule has 2 N–H and O–H groups in total. The van der Waals surface area contributed by atoms with Crippen molar-refractivity contribution in [2.45, 2.75) is 12.4 Å². The Balaban J connectivity index is 1.65. The van der Waals surface area contributed by atoms with Crippen LogP contribution in [0, 0.1) is 0 Å². The number of hydrogen-bond acceptors (Lipinski definition) is 5. The molecule has 0 aliphatic heterocycles. The predicted molar refractivity (Wildman–Crippen MR) is 131 cm³/mol. The maximum absolute atomic E-state index is 6.41. The minimum Gasteiger partial charge on any atom is -0.493 e. The topological polar surface area (TPSA) is 69.2 Å². The summed E-state index contributed by atoms with van der Waals surface area (Å²) < 4.78 is 11.3. The molecule has 0 aromatic heterocycles. The first-order chi connectivity index (χ1) is 15.1. The van der Waals surface area contributed by atoms with Gasteiger partial charge in [-0.2, -0.15) is 5.10 Å². The van der Waals surface area contributed by atoms with Gasteiger partial charge in [-0.25, -0.2) is 0 Å². The summed E-state index contributed by atoms with van der Waals surface area (Å²) in [4.78, 5) is 0. The first-order valence-corrected chi connectivity index (χ1v) is 11.1. The van der Waals surface area contributed by atoms with E-state index in [1.807, 2.05) is 54.6 Å². The lowest BCUT2D eigenvalue weighted by Crippen LogP contribution is -2.06. The second kappa shape index (κ2) is 11.6. The molecule has 3 rings (SSSR count). The molecule has 3 aromatic carbocycles. The quantitative estimate of drug-likeness (QED) is 0.241. The Bertz CT molecular complexity index is 1080. The molecule has 3 aromatic rings. The van der Waals surface area contributed by atoms with Crippen molar-refractivity contribution in [2.75, 3.05) is 7.11 Å². The SMILES string of the molecule is COc1cc(C=NN=C(N)SCc2ccccc2)cc(Cl)c1OCc1ccccc1Cl. The van der Waals surface area contributed by atoms with Gasteiger partial charge in [-0.05, 0) is 23.8 Å². The van der Waals surface area contributed by atoms with Gasteiger partial charge in [0.1, 0.15) is 6.61 Å². The second-order valence-corrected chi connectivity index (χ2v) is 8.18. The highest BCUT2D eigenvalue weighted by Crippen LogP contribution is 2.37. The van der Waals surface area contributed by atoms with Crippen LogP contribution < -0.4 is 15.2 Å². The highest BCUT2D eigenvalue weighted by Gasteiger charge is 2.12. The summed E-state index contributed by atoms with van der Waals surface area (Å²) in [6.45, 7) is 0.267. The summed E-state index contributed by atoms with van der Waals surface area (Å²) in [6, 6.07) is 21.0. The van der Waals surface area contributed by atoms with E-state index in [0.29, 0.717) is 32.3 Å². The molecule has 8 heteroatoms. The first-order valence-electron chi connectivity index (χ1n) is 9.33. The van der Waals surface area contributed by atoms with Crippen LogP contribution in [0.4, 0.5) is 0 Å². The highest BCUT2D eigenvalue weighted by atomic mass is 35.5. The number of methoxy groups -OCH3 is 1. The van der Waals surface area contributed by atoms with Crippen LogP contribution in [0.2, 0.25) is 10.0 Å². The minimum atomic E-state index is 0.267. The lowest BCUT2D eigenvalue weighted by molar-refractivity contribution is 0.285. The molecule has 0 unspecified atom stereocenters. The fraction of sp³-hybridized carbons (Fsp3) is 0.130. The van der Waals surface area contributed by atoms with Gasteiger partial charge in [0.15, 0.2) is 16.7 Å². The van der Waals surface area contributed by atoms with E-state index in [-0.39, 0.29) is 6.61 Å². The van der Waals surface area contributed by atoms with Crippen molar-refractivity contribution in [1.29, 1.82) is 0 Å². The number of nitrogens with two attached hydrogens (primary N) is 1. The van der Waals surface area contributed by atoms with Crippen LogP contribution >= 0.6 is 35.0 Å². The number of rotatable bonds is 8. The molecule has 0 aliphatic rings. The highest BCUT2D eigenvalue weighted by molar-refractivity contribution is 8.13. The van der Waals surface area contributed by atoms with Crippen molar-refractivity contribution in [3.63, 3.8) is 0 Å². The Morgan fingerprint density at radius 3 is 2.52 bits per heavy atom. The zero-order valence-corrected chi connectivity index (χ0v) is 19.1. The Morgan fingerprint density at radius 1 is 1.03 bits per heavy atom. The molecule has 0 bridgehead atoms. The molecule has 0 heterocycles. The zero-order chi connectivity index (χ0) is 22.1. The summed E-state index contributed by atoms with van der Waals surface area (Å²) >= 11 is 14.0. The molecule has 0 saturated carbocycles. The second-order valence-electron chi connectivity index (χ2n) is 6.37. The van der Waals surface area contributed by atoms with Gasteiger partial charge in [0, 0.05) is 21.9 Å². The molecule has 0 spiro atoms. The normalized spacial score (nSPS) is 11.6. The van der Waals surface area contributed by atoms with Crippen LogP contribution in [-0.2, 0) is 12.4 Å². The van der Waals surface area contributed by atoms with Gasteiger partial charge in [-0.1, -0.05) is 83.5 Å². The van der Waals surface area contributed by atoms with Gasteiger partial charge in [0.25, 0.3) is 0 Å². The fourth-order valence-electron chi connectivity index (χ4n) is 2.63. The van der Waals surface area contributed by atoms with Crippen molar-refractivity contribution in [3.8, 4) is 11.5 Å². The Kier molecular flexibility index (Phi) is 8.64. The average Bonchev–Trinajstić information content (AvgIpc) is 2.78. The summed E-state index contributed by atoms with van der Waals surface area (Å²) in [5.41, 5.74) is 8.64. The van der Waals surface area contributed by atoms with Crippen LogP contribution in [0.15, 0.2) is 76.9 Å². The van der Waals surface area contributed by atoms with Gasteiger partial charge in [-0.15, -0.1) is 5.10 Å². The maximum atomic E-state index is 6.41. The molecule has 5 nitrogen and oxygen atoms in total. The van der Waals surface area contributed by atoms with Crippen LogP contribution in [0.1, 0.15) is 16.7 Å². The standard InChI is InChI=1S/C23H21Cl2N3O2S/c1-29-21-12-17(13-27-28-23(26)31-15-16-7-3-2-4-8-16)11-20(25)22(21)30-14-18-9-5-6-10-19(18)24/h2-13H,14-15H2,1H3,(H2,26,28). The lowest BCUT2D eigenvalue weighted by atomic mass is 10.2. The number of benzene rings is 3.